The van der Waals surface area contributed by atoms with Gasteiger partial charge >= 0.3 is 0 Å². The molecule has 0 radical (unpaired) electrons. The number of nitrogens with zero attached hydrogens (tertiary/aromatic N) is 4. The van der Waals surface area contributed by atoms with Crippen LogP contribution in [0.15, 0.2) is 42.9 Å². The molecule has 2 aliphatic rings. The van der Waals surface area contributed by atoms with E-state index in [1.165, 1.54) is 25.0 Å². The van der Waals surface area contributed by atoms with Crippen LogP contribution in [0.4, 0.5) is 0 Å². The molecule has 170 valence electrons. The molecule has 0 atom stereocenters. The van der Waals surface area contributed by atoms with Gasteiger partial charge in [0.1, 0.15) is 5.65 Å². The largest absolute Gasteiger partial charge is 0.349 e. The summed E-state index contributed by atoms with van der Waals surface area (Å²) in [6.07, 6.45) is 12.7. The van der Waals surface area contributed by atoms with Crippen molar-refractivity contribution in [1.29, 1.82) is 0 Å². The van der Waals surface area contributed by atoms with Crippen LogP contribution in [-0.4, -0.2) is 56.6 Å². The second-order valence-corrected chi connectivity index (χ2v) is 9.76. The number of amides is 1. The van der Waals surface area contributed by atoms with Gasteiger partial charge in [-0.25, -0.2) is 9.50 Å². The van der Waals surface area contributed by atoms with Gasteiger partial charge in [0, 0.05) is 35.1 Å². The molecule has 1 aliphatic heterocycles. The Morgan fingerprint density at radius 3 is 2.82 bits per heavy atom. The maximum absolute atomic E-state index is 13.0. The van der Waals surface area contributed by atoms with Crippen LogP contribution in [0.5, 0.6) is 0 Å². The summed E-state index contributed by atoms with van der Waals surface area (Å²) in [5.74, 6) is 0.755. The van der Waals surface area contributed by atoms with Crippen LogP contribution in [0.2, 0.25) is 0 Å². The van der Waals surface area contributed by atoms with Crippen LogP contribution in [0.1, 0.15) is 48.2 Å². The van der Waals surface area contributed by atoms with Gasteiger partial charge in [0.25, 0.3) is 5.91 Å². The Morgan fingerprint density at radius 2 is 2.03 bits per heavy atom. The van der Waals surface area contributed by atoms with Gasteiger partial charge in [-0.05, 0) is 75.1 Å². The number of fused-ring (bicyclic) bond motifs is 2. The fraction of sp³-hybridized carbons (Fsp3) is 0.423. The first kappa shape index (κ1) is 20.4. The minimum absolute atomic E-state index is 0.0436. The van der Waals surface area contributed by atoms with E-state index in [0.29, 0.717) is 5.56 Å². The zero-order valence-electron chi connectivity index (χ0n) is 19.1. The van der Waals surface area contributed by atoms with Crippen molar-refractivity contribution in [2.45, 2.75) is 44.6 Å². The average molecular weight is 443 g/mol. The highest BCUT2D eigenvalue weighted by molar-refractivity contribution is 6.02. The quantitative estimate of drug-likeness (QED) is 0.489. The summed E-state index contributed by atoms with van der Waals surface area (Å²) in [5.41, 5.74) is 5.68. The molecule has 6 rings (SSSR count). The highest BCUT2D eigenvalue weighted by atomic mass is 16.1. The molecule has 5 heterocycles. The first-order valence-electron chi connectivity index (χ1n) is 12.1. The highest BCUT2D eigenvalue weighted by Crippen LogP contribution is 2.32. The molecule has 1 saturated heterocycles. The van der Waals surface area contributed by atoms with E-state index in [2.05, 4.69) is 45.5 Å². The third-order valence-electron chi connectivity index (χ3n) is 7.45. The predicted octanol–water partition coefficient (Wildman–Crippen LogP) is 4.04. The molecule has 1 amide bonds. The van der Waals surface area contributed by atoms with Gasteiger partial charge in [0.15, 0.2) is 0 Å². The summed E-state index contributed by atoms with van der Waals surface area (Å²) >= 11 is 0. The number of carbonyl (C=O) groups is 1. The first-order chi connectivity index (χ1) is 16.1. The van der Waals surface area contributed by atoms with E-state index < -0.39 is 0 Å². The number of nitrogens with one attached hydrogen (secondary N) is 2. The molecule has 7 heteroatoms. The van der Waals surface area contributed by atoms with Crippen molar-refractivity contribution in [3.63, 3.8) is 0 Å². The molecule has 7 nitrogen and oxygen atoms in total. The number of pyridine rings is 2. The number of piperidine rings is 1. The Bertz CT molecular complexity index is 1310. The fourth-order valence-electron chi connectivity index (χ4n) is 5.13. The lowest BCUT2D eigenvalue weighted by Crippen LogP contribution is -2.43. The van der Waals surface area contributed by atoms with Crippen molar-refractivity contribution in [3.05, 3.63) is 54.1 Å². The minimum atomic E-state index is -0.0436. The van der Waals surface area contributed by atoms with Crippen molar-refractivity contribution in [2.24, 2.45) is 5.92 Å². The van der Waals surface area contributed by atoms with Crippen LogP contribution in [0.3, 0.4) is 0 Å². The zero-order chi connectivity index (χ0) is 22.4. The number of carbonyl (C=O) groups excluding carboxylic acids is 1. The molecule has 1 aliphatic carbocycles. The fourth-order valence-corrected chi connectivity index (χ4v) is 5.13. The van der Waals surface area contributed by atoms with Crippen LogP contribution in [0, 0.1) is 5.92 Å². The second-order valence-electron chi connectivity index (χ2n) is 9.76. The molecule has 2 N–H and O–H groups in total. The van der Waals surface area contributed by atoms with E-state index in [0.717, 1.165) is 65.9 Å². The van der Waals surface area contributed by atoms with Crippen LogP contribution in [0.25, 0.3) is 27.7 Å². The Labute approximate surface area is 193 Å². The first-order valence-corrected chi connectivity index (χ1v) is 12.1. The second kappa shape index (κ2) is 8.30. The molecule has 0 aromatic carbocycles. The van der Waals surface area contributed by atoms with Crippen molar-refractivity contribution in [2.75, 3.05) is 20.1 Å². The number of hydrogen-bond acceptors (Lipinski definition) is 4. The van der Waals surface area contributed by atoms with E-state index in [-0.39, 0.29) is 11.9 Å². The molecule has 0 bridgehead atoms. The molecule has 4 aromatic rings. The van der Waals surface area contributed by atoms with Crippen molar-refractivity contribution >= 4 is 22.5 Å². The number of H-pyrrole nitrogens is 1. The Balaban J connectivity index is 1.27. The maximum Gasteiger partial charge on any atom is 0.255 e. The normalized spacial score (nSPS) is 18.1. The summed E-state index contributed by atoms with van der Waals surface area (Å²) in [7, 11) is 2.13. The highest BCUT2D eigenvalue weighted by Gasteiger charge is 2.22. The minimum Gasteiger partial charge on any atom is -0.349 e. The lowest BCUT2D eigenvalue weighted by molar-refractivity contribution is 0.0918. The lowest BCUT2D eigenvalue weighted by Gasteiger charge is -2.29. The molecule has 1 saturated carbocycles. The van der Waals surface area contributed by atoms with Gasteiger partial charge in [0.05, 0.1) is 17.3 Å². The van der Waals surface area contributed by atoms with Crippen molar-refractivity contribution < 1.29 is 4.79 Å². The molecule has 33 heavy (non-hydrogen) atoms. The topological polar surface area (TPSA) is 78.3 Å². The molecule has 4 aromatic heterocycles. The smallest absolute Gasteiger partial charge is 0.255 e. The van der Waals surface area contributed by atoms with E-state index >= 15 is 0 Å². The predicted molar refractivity (Wildman–Crippen MR) is 129 cm³/mol. The molecule has 2 fully saturated rings. The Morgan fingerprint density at radius 1 is 1.18 bits per heavy atom. The van der Waals surface area contributed by atoms with E-state index in [9.17, 15) is 4.79 Å². The van der Waals surface area contributed by atoms with Gasteiger partial charge in [-0.15, -0.1) is 0 Å². The van der Waals surface area contributed by atoms with Gasteiger partial charge in [-0.2, -0.15) is 5.10 Å². The van der Waals surface area contributed by atoms with Gasteiger partial charge in [0.2, 0.25) is 0 Å². The number of aromatic nitrogens is 4. The summed E-state index contributed by atoms with van der Waals surface area (Å²) in [6, 6.07) is 8.66. The van der Waals surface area contributed by atoms with Crippen LogP contribution >= 0.6 is 0 Å². The molecular formula is C26H30N6O. The summed E-state index contributed by atoms with van der Waals surface area (Å²) < 4.78 is 1.77. The SMILES string of the molecule is CN1CCC(NC(=O)c2cnn3ccc(-c4c[nH]c5nc(CC6CCC6)ccc45)cc23)CC1. The van der Waals surface area contributed by atoms with Gasteiger partial charge in [-0.1, -0.05) is 19.3 Å². The van der Waals surface area contributed by atoms with Crippen LogP contribution < -0.4 is 5.32 Å². The number of likely N-dealkylation sites (tertiary alicyclic amines) is 1. The van der Waals surface area contributed by atoms with Gasteiger partial charge < -0.3 is 15.2 Å². The van der Waals surface area contributed by atoms with Gasteiger partial charge in [-0.3, -0.25) is 4.79 Å². The summed E-state index contributed by atoms with van der Waals surface area (Å²) in [6.45, 7) is 2.03. The molecule has 0 spiro atoms. The average Bonchev–Trinajstić information content (AvgIpc) is 3.41. The third-order valence-corrected chi connectivity index (χ3v) is 7.45. The Hall–Kier alpha value is -3.19. The number of hydrogen-bond donors (Lipinski definition) is 2. The van der Waals surface area contributed by atoms with Crippen molar-refractivity contribution in [3.8, 4) is 11.1 Å². The van der Waals surface area contributed by atoms with E-state index in [4.69, 9.17) is 4.98 Å². The maximum atomic E-state index is 13.0. The third kappa shape index (κ3) is 3.91. The van der Waals surface area contributed by atoms with Crippen molar-refractivity contribution in [1.82, 2.24) is 29.8 Å². The zero-order valence-corrected chi connectivity index (χ0v) is 19.1. The standard InChI is InChI=1S/C26H30N6O/c1-31-10-8-19(9-11-31)30-26(33)23-16-28-32-12-7-18(14-24(23)32)22-15-27-25-21(22)6-5-20(29-25)13-17-3-2-4-17/h5-7,12,14-17,19H,2-4,8-11,13H2,1H3,(H,27,29)(H,30,33). The number of rotatable bonds is 5. The Kier molecular flexibility index (Phi) is 5.14. The summed E-state index contributed by atoms with van der Waals surface area (Å²) in [4.78, 5) is 23.6. The summed E-state index contributed by atoms with van der Waals surface area (Å²) in [5, 5.41) is 8.73. The monoisotopic (exact) mass is 442 g/mol. The molecule has 0 unspecified atom stereocenters. The van der Waals surface area contributed by atoms with E-state index in [1.807, 2.05) is 18.5 Å². The lowest BCUT2D eigenvalue weighted by atomic mass is 9.82. The van der Waals surface area contributed by atoms with Crippen LogP contribution in [-0.2, 0) is 6.42 Å². The van der Waals surface area contributed by atoms with E-state index in [1.54, 1.807) is 10.7 Å². The number of aromatic amines is 1. The molecular weight excluding hydrogens is 412 g/mol.